The lowest BCUT2D eigenvalue weighted by molar-refractivity contribution is -0.116. The Morgan fingerprint density at radius 1 is 1.09 bits per heavy atom. The summed E-state index contributed by atoms with van der Waals surface area (Å²) in [5, 5.41) is 3.84. The van der Waals surface area contributed by atoms with Crippen molar-refractivity contribution in [1.29, 1.82) is 0 Å². The number of methoxy groups -OCH3 is 3. The molecule has 3 aromatic rings. The molecule has 1 amide bonds. The van der Waals surface area contributed by atoms with Crippen LogP contribution >= 0.6 is 0 Å². The molecule has 0 fully saturated rings. The van der Waals surface area contributed by atoms with Gasteiger partial charge in [-0.15, -0.1) is 0 Å². The molecule has 0 aliphatic carbocycles. The van der Waals surface area contributed by atoms with Crippen LogP contribution in [0.1, 0.15) is 38.3 Å². The molecule has 0 aliphatic heterocycles. The van der Waals surface area contributed by atoms with E-state index >= 15 is 0 Å². The molecule has 0 aliphatic rings. The van der Waals surface area contributed by atoms with E-state index in [1.165, 1.54) is 0 Å². The highest BCUT2D eigenvalue weighted by Gasteiger charge is 2.19. The van der Waals surface area contributed by atoms with Gasteiger partial charge in [0.05, 0.1) is 33.7 Å². The van der Waals surface area contributed by atoms with E-state index in [9.17, 15) is 4.79 Å². The van der Waals surface area contributed by atoms with Gasteiger partial charge in [0.1, 0.15) is 11.3 Å². The third-order valence-electron chi connectivity index (χ3n) is 5.79. The van der Waals surface area contributed by atoms with Crippen LogP contribution in [0.5, 0.6) is 17.2 Å². The zero-order valence-corrected chi connectivity index (χ0v) is 21.6. The third-order valence-corrected chi connectivity index (χ3v) is 5.79. The van der Waals surface area contributed by atoms with Crippen LogP contribution in [0.15, 0.2) is 41.0 Å². The lowest BCUT2D eigenvalue weighted by Crippen LogP contribution is -2.23. The predicted octanol–water partition coefficient (Wildman–Crippen LogP) is 5.77. The van der Waals surface area contributed by atoms with Gasteiger partial charge < -0.3 is 28.7 Å². The van der Waals surface area contributed by atoms with Crippen molar-refractivity contribution < 1.29 is 28.2 Å². The maximum Gasteiger partial charge on any atom is 0.244 e. The molecule has 1 N–H and O–H groups in total. The Labute approximate surface area is 207 Å². The first-order valence-corrected chi connectivity index (χ1v) is 11.7. The number of carbonyl (C=O) groups excluding carboxylic acids is 1. The quantitative estimate of drug-likeness (QED) is 0.277. The normalized spacial score (nSPS) is 11.7. The zero-order chi connectivity index (χ0) is 25.5. The van der Waals surface area contributed by atoms with Gasteiger partial charge in [0.15, 0.2) is 11.5 Å². The van der Waals surface area contributed by atoms with E-state index < -0.39 is 0 Å². The van der Waals surface area contributed by atoms with Crippen molar-refractivity contribution in [3.8, 4) is 28.4 Å². The summed E-state index contributed by atoms with van der Waals surface area (Å²) in [7, 11) is 4.84. The first-order valence-electron chi connectivity index (χ1n) is 11.7. The van der Waals surface area contributed by atoms with E-state index in [1.807, 2.05) is 52.0 Å². The Bertz CT molecular complexity index is 1210. The first-order chi connectivity index (χ1) is 16.8. The van der Waals surface area contributed by atoms with Crippen LogP contribution in [-0.2, 0) is 9.53 Å². The van der Waals surface area contributed by atoms with Gasteiger partial charge in [-0.1, -0.05) is 6.07 Å². The molecule has 0 saturated carbocycles. The molecule has 0 spiro atoms. The van der Waals surface area contributed by atoms with Crippen LogP contribution in [-0.4, -0.2) is 46.5 Å². The van der Waals surface area contributed by atoms with Crippen molar-refractivity contribution in [1.82, 2.24) is 5.32 Å². The summed E-state index contributed by atoms with van der Waals surface area (Å²) in [6, 6.07) is 7.75. The first kappa shape index (κ1) is 26.2. The number of furan rings is 1. The smallest absolute Gasteiger partial charge is 0.244 e. The standard InChI is InChI=1S/C28H35NO6/c1-17(2)34-12-8-11-29-26(30)13-18(3)21-15-22-23(16-35-28(22)19(4)27(21)33-7)20-9-10-24(31-5)25(14-20)32-6/h9-10,13-17H,8,11-12H2,1-7H3,(H,29,30)/b18-13+. The summed E-state index contributed by atoms with van der Waals surface area (Å²) in [5.74, 6) is 1.82. The van der Waals surface area contributed by atoms with E-state index in [0.29, 0.717) is 30.4 Å². The number of carbonyl (C=O) groups is 1. The number of ether oxygens (including phenoxy) is 4. The second-order valence-corrected chi connectivity index (χ2v) is 8.57. The highest BCUT2D eigenvalue weighted by atomic mass is 16.5. The second kappa shape index (κ2) is 11.8. The maximum absolute atomic E-state index is 12.5. The van der Waals surface area contributed by atoms with Crippen LogP contribution in [0.3, 0.4) is 0 Å². The average molecular weight is 482 g/mol. The highest BCUT2D eigenvalue weighted by molar-refractivity contribution is 6.01. The Morgan fingerprint density at radius 3 is 2.49 bits per heavy atom. The summed E-state index contributed by atoms with van der Waals surface area (Å²) in [6.07, 6.45) is 4.27. The van der Waals surface area contributed by atoms with Crippen molar-refractivity contribution in [2.24, 2.45) is 0 Å². The molecule has 188 valence electrons. The van der Waals surface area contributed by atoms with Gasteiger partial charge in [0.2, 0.25) is 5.91 Å². The number of benzene rings is 2. The number of nitrogens with one attached hydrogen (secondary N) is 1. The van der Waals surface area contributed by atoms with Crippen LogP contribution in [0.2, 0.25) is 0 Å². The number of allylic oxidation sites excluding steroid dienone is 1. The molecule has 2 aromatic carbocycles. The summed E-state index contributed by atoms with van der Waals surface area (Å²) < 4.78 is 28.0. The summed E-state index contributed by atoms with van der Waals surface area (Å²) in [5.41, 5.74) is 5.07. The van der Waals surface area contributed by atoms with Crippen molar-refractivity contribution in [3.63, 3.8) is 0 Å². The molecule has 0 atom stereocenters. The summed E-state index contributed by atoms with van der Waals surface area (Å²) in [6.45, 7) is 9.01. The van der Waals surface area contributed by atoms with Crippen LogP contribution in [0.4, 0.5) is 0 Å². The molecule has 1 aromatic heterocycles. The molecule has 35 heavy (non-hydrogen) atoms. The average Bonchev–Trinajstić information content (AvgIpc) is 3.27. The number of rotatable bonds is 11. The van der Waals surface area contributed by atoms with Gasteiger partial charge in [0, 0.05) is 41.3 Å². The lowest BCUT2D eigenvalue weighted by atomic mass is 9.96. The fourth-order valence-electron chi connectivity index (χ4n) is 4.03. The fraction of sp³-hybridized carbons (Fsp3) is 0.393. The molecule has 0 bridgehead atoms. The number of hydrogen-bond acceptors (Lipinski definition) is 6. The molecular formula is C28H35NO6. The van der Waals surface area contributed by atoms with Crippen LogP contribution in [0, 0.1) is 6.92 Å². The molecule has 1 heterocycles. The van der Waals surface area contributed by atoms with Gasteiger partial charge in [-0.05, 0) is 63.5 Å². The zero-order valence-electron chi connectivity index (χ0n) is 21.6. The van der Waals surface area contributed by atoms with Crippen LogP contribution in [0.25, 0.3) is 27.7 Å². The second-order valence-electron chi connectivity index (χ2n) is 8.57. The Balaban J connectivity index is 1.94. The monoisotopic (exact) mass is 481 g/mol. The van der Waals surface area contributed by atoms with E-state index in [0.717, 1.165) is 45.2 Å². The molecule has 0 unspecified atom stereocenters. The number of fused-ring (bicyclic) bond motifs is 1. The molecular weight excluding hydrogens is 446 g/mol. The van der Waals surface area contributed by atoms with Gasteiger partial charge in [-0.3, -0.25) is 4.79 Å². The van der Waals surface area contributed by atoms with Crippen LogP contribution < -0.4 is 19.5 Å². The molecule has 3 rings (SSSR count). The van der Waals surface area contributed by atoms with Crippen molar-refractivity contribution in [2.45, 2.75) is 40.2 Å². The highest BCUT2D eigenvalue weighted by Crippen LogP contribution is 2.42. The fourth-order valence-corrected chi connectivity index (χ4v) is 4.03. The number of hydrogen-bond donors (Lipinski definition) is 1. The minimum Gasteiger partial charge on any atom is -0.496 e. The molecule has 7 heteroatoms. The van der Waals surface area contributed by atoms with E-state index in [1.54, 1.807) is 33.7 Å². The molecule has 0 radical (unpaired) electrons. The minimum absolute atomic E-state index is 0.154. The molecule has 7 nitrogen and oxygen atoms in total. The van der Waals surface area contributed by atoms with E-state index in [-0.39, 0.29) is 12.0 Å². The Hall–Kier alpha value is -3.45. The van der Waals surface area contributed by atoms with Crippen molar-refractivity contribution in [2.75, 3.05) is 34.5 Å². The Kier molecular flexibility index (Phi) is 8.82. The lowest BCUT2D eigenvalue weighted by Gasteiger charge is -2.14. The minimum atomic E-state index is -0.154. The Morgan fingerprint density at radius 2 is 1.83 bits per heavy atom. The van der Waals surface area contributed by atoms with Gasteiger partial charge in [0.25, 0.3) is 0 Å². The predicted molar refractivity (Wildman–Crippen MR) is 138 cm³/mol. The molecule has 0 saturated heterocycles. The third kappa shape index (κ3) is 5.98. The topological polar surface area (TPSA) is 79.2 Å². The van der Waals surface area contributed by atoms with Crippen molar-refractivity contribution in [3.05, 3.63) is 47.7 Å². The van der Waals surface area contributed by atoms with E-state index in [2.05, 4.69) is 5.32 Å². The summed E-state index contributed by atoms with van der Waals surface area (Å²) in [4.78, 5) is 12.5. The SMILES string of the molecule is COc1ccc(-c2coc3c(C)c(OC)c(/C(C)=C/C(=O)NCCCOC(C)C)cc23)cc1OC. The summed E-state index contributed by atoms with van der Waals surface area (Å²) >= 11 is 0. The van der Waals surface area contributed by atoms with E-state index in [4.69, 9.17) is 23.4 Å². The number of amides is 1. The van der Waals surface area contributed by atoms with Gasteiger partial charge in [-0.25, -0.2) is 0 Å². The maximum atomic E-state index is 12.5. The van der Waals surface area contributed by atoms with Gasteiger partial charge >= 0.3 is 0 Å². The largest absolute Gasteiger partial charge is 0.496 e. The number of aryl methyl sites for hydroxylation is 1. The van der Waals surface area contributed by atoms with Gasteiger partial charge in [-0.2, -0.15) is 0 Å². The van der Waals surface area contributed by atoms with Crippen molar-refractivity contribution >= 4 is 22.4 Å².